The maximum absolute atomic E-state index is 10.9. The average molecular weight is 208 g/mol. The number of aliphatic carboxylic acids is 1. The SMILES string of the molecule is CCC(C[PH](=O)CO)C(=O)C(=O)O. The van der Waals surface area contributed by atoms with Crippen LogP contribution in [0.25, 0.3) is 0 Å². The van der Waals surface area contributed by atoms with Crippen LogP contribution in [0.4, 0.5) is 0 Å². The molecule has 0 aromatic heterocycles. The largest absolute Gasteiger partial charge is 0.475 e. The Labute approximate surface area is 76.5 Å². The molecule has 0 saturated carbocycles. The zero-order valence-corrected chi connectivity index (χ0v) is 8.32. The van der Waals surface area contributed by atoms with Crippen LogP contribution < -0.4 is 0 Å². The number of aliphatic hydroxyl groups excluding tert-OH is 1. The van der Waals surface area contributed by atoms with Crippen molar-refractivity contribution >= 4 is 19.6 Å². The highest BCUT2D eigenvalue weighted by Gasteiger charge is 2.24. The van der Waals surface area contributed by atoms with E-state index in [1.54, 1.807) is 6.92 Å². The molecular formula is C7H13O5P. The van der Waals surface area contributed by atoms with Gasteiger partial charge < -0.3 is 14.8 Å². The van der Waals surface area contributed by atoms with Crippen molar-refractivity contribution < 1.29 is 24.4 Å². The number of carbonyl (C=O) groups excluding carboxylic acids is 1. The fourth-order valence-electron chi connectivity index (χ4n) is 0.936. The van der Waals surface area contributed by atoms with E-state index in [-0.39, 0.29) is 6.16 Å². The molecule has 13 heavy (non-hydrogen) atoms. The number of carboxylic acid groups (broad SMARTS) is 1. The van der Waals surface area contributed by atoms with Crippen molar-refractivity contribution in [2.75, 3.05) is 12.5 Å². The molecule has 0 fully saturated rings. The Balaban J connectivity index is 4.26. The number of aliphatic hydroxyl groups is 1. The summed E-state index contributed by atoms with van der Waals surface area (Å²) >= 11 is 0. The lowest BCUT2D eigenvalue weighted by Gasteiger charge is -2.08. The van der Waals surface area contributed by atoms with Crippen LogP contribution in [0.1, 0.15) is 13.3 Å². The number of carboxylic acids is 1. The predicted octanol–water partition coefficient (Wildman–Crippen LogP) is 0.176. The number of rotatable bonds is 6. The fourth-order valence-corrected chi connectivity index (χ4v) is 2.09. The number of hydrogen-bond acceptors (Lipinski definition) is 4. The van der Waals surface area contributed by atoms with Gasteiger partial charge in [0.2, 0.25) is 5.78 Å². The molecule has 76 valence electrons. The highest BCUT2D eigenvalue weighted by molar-refractivity contribution is 7.44. The topological polar surface area (TPSA) is 91.7 Å². The first-order valence-corrected chi connectivity index (χ1v) is 5.74. The van der Waals surface area contributed by atoms with Crippen molar-refractivity contribution in [1.82, 2.24) is 0 Å². The second-order valence-corrected chi connectivity index (χ2v) is 4.48. The van der Waals surface area contributed by atoms with Crippen molar-refractivity contribution in [3.8, 4) is 0 Å². The van der Waals surface area contributed by atoms with Gasteiger partial charge >= 0.3 is 5.97 Å². The second-order valence-electron chi connectivity index (χ2n) is 2.68. The normalized spacial score (nSPS) is 14.9. The van der Waals surface area contributed by atoms with E-state index < -0.39 is 31.8 Å². The molecule has 0 aromatic carbocycles. The Bertz CT molecular complexity index is 225. The molecule has 0 saturated heterocycles. The van der Waals surface area contributed by atoms with Gasteiger partial charge in [-0.05, 0) is 6.42 Å². The third-order valence-corrected chi connectivity index (χ3v) is 3.03. The molecule has 0 heterocycles. The first kappa shape index (κ1) is 12.3. The molecule has 5 nitrogen and oxygen atoms in total. The van der Waals surface area contributed by atoms with Crippen LogP contribution in [-0.4, -0.2) is 34.5 Å². The van der Waals surface area contributed by atoms with Gasteiger partial charge in [0, 0.05) is 12.1 Å². The van der Waals surface area contributed by atoms with Gasteiger partial charge in [0.15, 0.2) is 0 Å². The monoisotopic (exact) mass is 208 g/mol. The fraction of sp³-hybridized carbons (Fsp3) is 0.714. The summed E-state index contributed by atoms with van der Waals surface area (Å²) < 4.78 is 10.9. The number of hydrogen-bond donors (Lipinski definition) is 2. The lowest BCUT2D eigenvalue weighted by Crippen LogP contribution is -2.24. The summed E-state index contributed by atoms with van der Waals surface area (Å²) in [6, 6.07) is 0. The van der Waals surface area contributed by atoms with Crippen LogP contribution in [0.3, 0.4) is 0 Å². The zero-order valence-electron chi connectivity index (χ0n) is 7.32. The third kappa shape index (κ3) is 4.20. The van der Waals surface area contributed by atoms with Crippen molar-refractivity contribution in [1.29, 1.82) is 0 Å². The Morgan fingerprint density at radius 3 is 2.31 bits per heavy atom. The van der Waals surface area contributed by atoms with Crippen LogP contribution in [0.15, 0.2) is 0 Å². The summed E-state index contributed by atoms with van der Waals surface area (Å²) in [5.74, 6) is -3.15. The first-order chi connectivity index (χ1) is 6.02. The number of Topliss-reactive ketones (excluding diaryl/α,β-unsaturated/α-hetero) is 1. The van der Waals surface area contributed by atoms with Gasteiger partial charge in [0.05, 0.1) is 6.35 Å². The summed E-state index contributed by atoms with van der Waals surface area (Å²) in [4.78, 5) is 21.2. The Morgan fingerprint density at radius 1 is 1.46 bits per heavy atom. The highest BCUT2D eigenvalue weighted by Crippen LogP contribution is 2.24. The van der Waals surface area contributed by atoms with Crippen LogP contribution in [-0.2, 0) is 14.2 Å². The summed E-state index contributed by atoms with van der Waals surface area (Å²) in [6.45, 7) is 1.65. The van der Waals surface area contributed by atoms with Crippen molar-refractivity contribution in [3.63, 3.8) is 0 Å². The average Bonchev–Trinajstić information content (AvgIpc) is 2.12. The minimum absolute atomic E-state index is 0.0111. The van der Waals surface area contributed by atoms with Gasteiger partial charge in [-0.3, -0.25) is 4.79 Å². The molecule has 0 aliphatic rings. The molecule has 2 atom stereocenters. The molecule has 0 aliphatic carbocycles. The minimum atomic E-state index is -2.20. The number of ketones is 1. The molecule has 2 unspecified atom stereocenters. The van der Waals surface area contributed by atoms with E-state index in [0.717, 1.165) is 0 Å². The molecule has 6 heteroatoms. The van der Waals surface area contributed by atoms with Gasteiger partial charge in [-0.1, -0.05) is 6.92 Å². The minimum Gasteiger partial charge on any atom is -0.475 e. The Morgan fingerprint density at radius 2 is 2.00 bits per heavy atom. The van der Waals surface area contributed by atoms with E-state index in [2.05, 4.69) is 0 Å². The maximum atomic E-state index is 10.9. The van der Waals surface area contributed by atoms with Gasteiger partial charge in [-0.25, -0.2) is 4.79 Å². The summed E-state index contributed by atoms with van der Waals surface area (Å²) in [5.41, 5.74) is 0. The van der Waals surface area contributed by atoms with Crippen LogP contribution in [0.2, 0.25) is 0 Å². The predicted molar refractivity (Wildman–Crippen MR) is 47.4 cm³/mol. The van der Waals surface area contributed by atoms with Gasteiger partial charge in [0.25, 0.3) is 0 Å². The van der Waals surface area contributed by atoms with Crippen LogP contribution >= 0.6 is 7.80 Å². The molecular weight excluding hydrogens is 195 g/mol. The van der Waals surface area contributed by atoms with Crippen molar-refractivity contribution in [2.24, 2.45) is 5.92 Å². The molecule has 0 bridgehead atoms. The highest BCUT2D eigenvalue weighted by atomic mass is 31.1. The first-order valence-electron chi connectivity index (χ1n) is 3.92. The van der Waals surface area contributed by atoms with E-state index >= 15 is 0 Å². The molecule has 0 radical (unpaired) electrons. The third-order valence-electron chi connectivity index (χ3n) is 1.72. The van der Waals surface area contributed by atoms with E-state index in [1.165, 1.54) is 0 Å². The van der Waals surface area contributed by atoms with E-state index in [9.17, 15) is 14.2 Å². The van der Waals surface area contributed by atoms with E-state index in [4.69, 9.17) is 10.2 Å². The molecule has 0 aromatic rings. The van der Waals surface area contributed by atoms with Gasteiger partial charge in [-0.15, -0.1) is 0 Å². The van der Waals surface area contributed by atoms with Crippen molar-refractivity contribution in [2.45, 2.75) is 13.3 Å². The van der Waals surface area contributed by atoms with E-state index in [1.807, 2.05) is 0 Å². The maximum Gasteiger partial charge on any atom is 0.372 e. The lowest BCUT2D eigenvalue weighted by atomic mass is 10.0. The van der Waals surface area contributed by atoms with Gasteiger partial charge in [0.1, 0.15) is 7.80 Å². The summed E-state index contributed by atoms with van der Waals surface area (Å²) in [6.07, 6.45) is -0.140. The number of carbonyl (C=O) groups is 2. The smallest absolute Gasteiger partial charge is 0.372 e. The second kappa shape index (κ2) is 5.89. The zero-order chi connectivity index (χ0) is 10.4. The Kier molecular flexibility index (Phi) is 5.58. The standard InChI is InChI=1S/C7H13O5P/c1-2-5(3-13(12)4-8)6(9)7(10)11/h5,8,13H,2-4H2,1H3,(H,10,11). The Hall–Kier alpha value is -0.670. The molecule has 0 rings (SSSR count). The van der Waals surface area contributed by atoms with Crippen LogP contribution in [0, 0.1) is 5.92 Å². The molecule has 0 amide bonds. The quantitative estimate of drug-likeness (QED) is 0.479. The molecule has 0 spiro atoms. The summed E-state index contributed by atoms with van der Waals surface area (Å²) in [5, 5.41) is 16.8. The molecule has 0 aliphatic heterocycles. The molecule has 2 N–H and O–H groups in total. The summed E-state index contributed by atoms with van der Waals surface area (Å²) in [7, 11) is -2.20. The van der Waals surface area contributed by atoms with Crippen LogP contribution in [0.5, 0.6) is 0 Å². The lowest BCUT2D eigenvalue weighted by molar-refractivity contribution is -0.150. The van der Waals surface area contributed by atoms with Gasteiger partial charge in [-0.2, -0.15) is 0 Å². The van der Waals surface area contributed by atoms with E-state index in [0.29, 0.717) is 6.42 Å². The van der Waals surface area contributed by atoms with Crippen molar-refractivity contribution in [3.05, 3.63) is 0 Å².